The summed E-state index contributed by atoms with van der Waals surface area (Å²) in [5.74, 6) is -2.47. The second-order valence-electron chi connectivity index (χ2n) is 14.1. The molecule has 2 aromatic carbocycles. The van der Waals surface area contributed by atoms with E-state index in [1.165, 1.54) is 52.3 Å². The number of carbonyl (C=O) groups is 4. The van der Waals surface area contributed by atoms with Crippen LogP contribution in [0, 0.1) is 5.82 Å². The fourth-order valence-electron chi connectivity index (χ4n) is 6.69. The highest BCUT2D eigenvalue weighted by atomic mass is 35.5. The smallest absolute Gasteiger partial charge is 0.409 e. The number of esters is 1. The van der Waals surface area contributed by atoms with Crippen molar-refractivity contribution < 1.29 is 52.4 Å². The van der Waals surface area contributed by atoms with Crippen molar-refractivity contribution in [1.29, 1.82) is 0 Å². The van der Waals surface area contributed by atoms with Gasteiger partial charge in [-0.15, -0.1) is 0 Å². The molecule has 16 heteroatoms. The van der Waals surface area contributed by atoms with Gasteiger partial charge >= 0.3 is 12.1 Å². The van der Waals surface area contributed by atoms with Crippen molar-refractivity contribution in [2.45, 2.75) is 88.2 Å². The van der Waals surface area contributed by atoms with Crippen LogP contribution in [0.5, 0.6) is 5.75 Å². The molecule has 2 aromatic rings. The fraction of sp³-hybridized carbons (Fsp3) is 0.474. The lowest BCUT2D eigenvalue weighted by Crippen LogP contribution is -2.62. The molecular formula is C38H46ClFN4O10. The van der Waals surface area contributed by atoms with Crippen LogP contribution in [0.2, 0.25) is 5.02 Å². The van der Waals surface area contributed by atoms with Gasteiger partial charge in [0.1, 0.15) is 46.5 Å². The summed E-state index contributed by atoms with van der Waals surface area (Å²) < 4.78 is 42.9. The number of nitrogens with one attached hydrogen (secondary N) is 1. The molecule has 4 bridgehead atoms. The van der Waals surface area contributed by atoms with Crippen LogP contribution in [0.1, 0.15) is 56.0 Å². The predicted octanol–water partition coefficient (Wildman–Crippen LogP) is 4.30. The van der Waals surface area contributed by atoms with E-state index in [0.717, 1.165) is 22.1 Å². The molecular weight excluding hydrogens is 727 g/mol. The van der Waals surface area contributed by atoms with Gasteiger partial charge in [-0.05, 0) is 63.1 Å². The summed E-state index contributed by atoms with van der Waals surface area (Å²) in [5, 5.41) is 14.3. The van der Waals surface area contributed by atoms with E-state index < -0.39 is 71.5 Å². The number of halogens is 2. The van der Waals surface area contributed by atoms with E-state index in [1.54, 1.807) is 31.2 Å². The number of allylic oxidation sites excluding steroid dienone is 3. The minimum atomic E-state index is -1.84. The minimum Gasteiger partial charge on any atom is -0.495 e. The summed E-state index contributed by atoms with van der Waals surface area (Å²) in [7, 11) is 5.77. The fourth-order valence-corrected chi connectivity index (χ4v) is 7.00. The molecule has 3 heterocycles. The van der Waals surface area contributed by atoms with Crippen molar-refractivity contribution in [3.63, 3.8) is 0 Å². The number of nitrogens with two attached hydrogens (primary N) is 1. The minimum absolute atomic E-state index is 0.0342. The van der Waals surface area contributed by atoms with Crippen LogP contribution >= 0.6 is 11.6 Å². The Morgan fingerprint density at radius 2 is 1.94 bits per heavy atom. The van der Waals surface area contributed by atoms with Crippen molar-refractivity contribution in [1.82, 2.24) is 10.2 Å². The maximum atomic E-state index is 14.2. The number of aliphatic hydroxyl groups is 1. The largest absolute Gasteiger partial charge is 0.495 e. The van der Waals surface area contributed by atoms with Gasteiger partial charge in [0.15, 0.2) is 5.72 Å². The Labute approximate surface area is 317 Å². The monoisotopic (exact) mass is 772 g/mol. The van der Waals surface area contributed by atoms with Crippen molar-refractivity contribution in [2.75, 3.05) is 38.9 Å². The lowest BCUT2D eigenvalue weighted by molar-refractivity contribution is -0.158. The van der Waals surface area contributed by atoms with Gasteiger partial charge in [0.05, 0.1) is 31.0 Å². The molecule has 3 aliphatic rings. The van der Waals surface area contributed by atoms with Crippen LogP contribution in [0.25, 0.3) is 0 Å². The average molecular weight is 773 g/mol. The molecule has 5 rings (SSSR count). The third-order valence-corrected chi connectivity index (χ3v) is 10.6. The number of likely N-dealkylation sites (N-methyl/N-ethyl adjacent to an activating group) is 1. The number of ether oxygens (including phenoxy) is 5. The van der Waals surface area contributed by atoms with Gasteiger partial charge in [-0.2, -0.15) is 0 Å². The molecule has 54 heavy (non-hydrogen) atoms. The van der Waals surface area contributed by atoms with Gasteiger partial charge in [-0.1, -0.05) is 35.4 Å². The highest BCUT2D eigenvalue weighted by Crippen LogP contribution is 2.47. The number of anilines is 2. The molecule has 4 N–H and O–H groups in total. The lowest BCUT2D eigenvalue weighted by Gasteiger charge is -2.40. The topological polar surface area (TPSA) is 182 Å². The van der Waals surface area contributed by atoms with Gasteiger partial charge in [0.2, 0.25) is 5.91 Å². The first kappa shape index (κ1) is 40.5. The maximum absolute atomic E-state index is 14.2. The third kappa shape index (κ3) is 8.49. The number of alkyl carbamates (subject to hydrolysis) is 1. The SMILES string of the molecule is COc1cc2cc(c1Cl)N(C)C(=O)C[C@H](OC(=O)[C@H](C)N(C)C(=O)c1ccc(N)c(F)c1)[C@]1(C)O[C@H]1C[C@@H]1C[C@@](O)(NC(=O)O1)[C@H](OC)/C=C/C=C(\C)C2. The van der Waals surface area contributed by atoms with E-state index in [-0.39, 0.29) is 35.5 Å². The van der Waals surface area contributed by atoms with Gasteiger partial charge in [0.25, 0.3) is 5.91 Å². The molecule has 14 nitrogen and oxygen atoms in total. The first-order valence-electron chi connectivity index (χ1n) is 17.3. The van der Waals surface area contributed by atoms with Gasteiger partial charge in [-0.3, -0.25) is 14.9 Å². The molecule has 2 saturated heterocycles. The zero-order chi connectivity index (χ0) is 39.7. The van der Waals surface area contributed by atoms with E-state index in [0.29, 0.717) is 17.9 Å². The molecule has 0 spiro atoms. The third-order valence-electron chi connectivity index (χ3n) is 10.2. The van der Waals surface area contributed by atoms with Gasteiger partial charge in [0, 0.05) is 39.6 Å². The first-order chi connectivity index (χ1) is 25.4. The summed E-state index contributed by atoms with van der Waals surface area (Å²) in [5.41, 5.74) is 4.31. The molecule has 3 aliphatic heterocycles. The molecule has 0 aliphatic carbocycles. The van der Waals surface area contributed by atoms with Crippen molar-refractivity contribution in [2.24, 2.45) is 0 Å². The van der Waals surface area contributed by atoms with Crippen molar-refractivity contribution >= 4 is 46.9 Å². The Morgan fingerprint density at radius 3 is 2.61 bits per heavy atom. The highest BCUT2D eigenvalue weighted by Gasteiger charge is 2.61. The Hall–Kier alpha value is -4.70. The summed E-state index contributed by atoms with van der Waals surface area (Å²) >= 11 is 6.73. The number of methoxy groups -OCH3 is 2. The lowest BCUT2D eigenvalue weighted by atomic mass is 9.90. The number of epoxide rings is 1. The molecule has 7 atom stereocenters. The molecule has 3 amide bonds. The standard InChI is InChI=1S/C38H46ClFN4O10/c1-20-9-8-10-29(51-7)38(49)19-24(52-36(48)42-38)17-31-37(3,54-31)30(18-32(45)44(5)27-14-22(13-20)15-28(50-6)33(27)39)53-35(47)21(2)43(4)34(46)23-11-12-26(41)25(40)16-23/h8-12,14-16,21,24,29-31,49H,13,17-19,41H2,1-7H3,(H,42,48)/b10-8+,20-9+/t21-,24+,29+,30-,31-,37-,38-/m0/s1. The van der Waals surface area contributed by atoms with Crippen molar-refractivity contribution in [3.05, 3.63) is 76.1 Å². The molecule has 0 radical (unpaired) electrons. The second-order valence-corrected chi connectivity index (χ2v) is 14.5. The summed E-state index contributed by atoms with van der Waals surface area (Å²) in [6.07, 6.45) is 0.637. The molecule has 2 fully saturated rings. The molecule has 0 aromatic heterocycles. The van der Waals surface area contributed by atoms with E-state index in [2.05, 4.69) is 5.32 Å². The average Bonchev–Trinajstić information content (AvgIpc) is 3.78. The first-order valence-corrected chi connectivity index (χ1v) is 17.7. The van der Waals surface area contributed by atoms with Crippen LogP contribution in [0.4, 0.5) is 20.6 Å². The zero-order valence-corrected chi connectivity index (χ0v) is 31.9. The molecule has 0 saturated carbocycles. The quantitative estimate of drug-likeness (QED) is 0.216. The second kappa shape index (κ2) is 16.0. The Kier molecular flexibility index (Phi) is 12.0. The number of carbonyl (C=O) groups excluding carboxylic acids is 4. The zero-order valence-electron chi connectivity index (χ0n) is 31.2. The summed E-state index contributed by atoms with van der Waals surface area (Å²) in [6.45, 7) is 4.99. The van der Waals surface area contributed by atoms with E-state index >= 15 is 0 Å². The Bertz CT molecular complexity index is 1870. The Morgan fingerprint density at radius 1 is 1.22 bits per heavy atom. The number of fused-ring (bicyclic) bond motifs is 5. The Balaban J connectivity index is 1.49. The van der Waals surface area contributed by atoms with Crippen LogP contribution in [-0.2, 0) is 35.0 Å². The van der Waals surface area contributed by atoms with Gasteiger partial charge < -0.3 is 44.3 Å². The number of nitrogen functional groups attached to an aromatic ring is 1. The number of hydrogen-bond donors (Lipinski definition) is 3. The maximum Gasteiger partial charge on any atom is 0.409 e. The van der Waals surface area contributed by atoms with E-state index in [9.17, 15) is 28.7 Å². The van der Waals surface area contributed by atoms with Gasteiger partial charge in [-0.25, -0.2) is 14.0 Å². The van der Waals surface area contributed by atoms with Crippen LogP contribution in [0.15, 0.2) is 54.1 Å². The predicted molar refractivity (Wildman–Crippen MR) is 197 cm³/mol. The molecule has 292 valence electrons. The van der Waals surface area contributed by atoms with Crippen LogP contribution in [-0.4, -0.2) is 104 Å². The normalized spacial score (nSPS) is 29.4. The molecule has 0 unspecified atom stereocenters. The van der Waals surface area contributed by atoms with E-state index in [4.69, 9.17) is 41.0 Å². The number of rotatable bonds is 6. The number of benzene rings is 2. The van der Waals surface area contributed by atoms with Crippen molar-refractivity contribution in [3.8, 4) is 5.75 Å². The van der Waals surface area contributed by atoms with Crippen LogP contribution < -0.4 is 20.7 Å². The highest BCUT2D eigenvalue weighted by molar-refractivity contribution is 6.35. The number of nitrogens with zero attached hydrogens (tertiary/aromatic N) is 2. The van der Waals surface area contributed by atoms with Crippen LogP contribution in [0.3, 0.4) is 0 Å². The summed E-state index contributed by atoms with van der Waals surface area (Å²) in [4.78, 5) is 56.2. The summed E-state index contributed by atoms with van der Waals surface area (Å²) in [6, 6.07) is 5.90. The van der Waals surface area contributed by atoms with E-state index in [1.807, 2.05) is 13.0 Å². The number of hydrogen-bond acceptors (Lipinski definition) is 11. The number of amides is 3.